The quantitative estimate of drug-likeness (QED) is 0.629. The number of nitrogens with zero attached hydrogens (tertiary/aromatic N) is 2. The number of aromatic nitrogens is 2. The van der Waals surface area contributed by atoms with Gasteiger partial charge >= 0.3 is 12.1 Å². The highest BCUT2D eigenvalue weighted by atomic mass is 16.5. The maximum absolute atomic E-state index is 12.3. The summed E-state index contributed by atoms with van der Waals surface area (Å²) >= 11 is 0. The number of carboxylic acid groups (broad SMARTS) is 1. The summed E-state index contributed by atoms with van der Waals surface area (Å²) in [5.74, 6) is -0.410. The van der Waals surface area contributed by atoms with Crippen LogP contribution in [-0.2, 0) is 23.0 Å². The molecule has 0 radical (unpaired) electrons. The van der Waals surface area contributed by atoms with Crippen LogP contribution < -0.4 is 5.32 Å². The lowest BCUT2D eigenvalue weighted by Gasteiger charge is -2.17. The van der Waals surface area contributed by atoms with Crippen molar-refractivity contribution in [2.24, 2.45) is 7.05 Å². The molecule has 30 heavy (non-hydrogen) atoms. The highest BCUT2D eigenvalue weighted by molar-refractivity contribution is 5.81. The van der Waals surface area contributed by atoms with Crippen LogP contribution in [0.3, 0.4) is 0 Å². The molecule has 1 unspecified atom stereocenters. The number of imidazole rings is 1. The van der Waals surface area contributed by atoms with E-state index in [0.717, 1.165) is 28.1 Å². The van der Waals surface area contributed by atoms with Gasteiger partial charge in [0, 0.05) is 31.8 Å². The molecule has 1 amide bonds. The van der Waals surface area contributed by atoms with Gasteiger partial charge < -0.3 is 19.7 Å². The fourth-order valence-corrected chi connectivity index (χ4v) is 3.95. The van der Waals surface area contributed by atoms with E-state index < -0.39 is 18.1 Å². The lowest BCUT2D eigenvalue weighted by molar-refractivity contribution is -0.139. The number of rotatable bonds is 7. The summed E-state index contributed by atoms with van der Waals surface area (Å²) < 4.78 is 7.27. The molecule has 154 valence electrons. The Hall–Kier alpha value is -3.61. The highest BCUT2D eigenvalue weighted by Crippen LogP contribution is 2.44. The van der Waals surface area contributed by atoms with Gasteiger partial charge in [0.1, 0.15) is 18.5 Å². The van der Waals surface area contributed by atoms with Gasteiger partial charge in [-0.15, -0.1) is 0 Å². The van der Waals surface area contributed by atoms with E-state index in [1.165, 1.54) is 0 Å². The summed E-state index contributed by atoms with van der Waals surface area (Å²) in [5.41, 5.74) is 4.49. The Bertz CT molecular complexity index is 1030. The van der Waals surface area contributed by atoms with Gasteiger partial charge in [-0.3, -0.25) is 0 Å². The predicted octanol–water partition coefficient (Wildman–Crippen LogP) is 3.34. The Morgan fingerprint density at radius 3 is 2.33 bits per heavy atom. The molecule has 1 atom stereocenters. The predicted molar refractivity (Wildman–Crippen MR) is 111 cm³/mol. The number of carbonyl (C=O) groups is 2. The van der Waals surface area contributed by atoms with Crippen molar-refractivity contribution in [3.05, 3.63) is 77.9 Å². The van der Waals surface area contributed by atoms with Gasteiger partial charge in [-0.1, -0.05) is 48.5 Å². The van der Waals surface area contributed by atoms with Crippen LogP contribution in [0.4, 0.5) is 4.79 Å². The van der Waals surface area contributed by atoms with E-state index in [9.17, 15) is 14.7 Å². The number of nitrogens with one attached hydrogen (secondary N) is 1. The maximum Gasteiger partial charge on any atom is 0.407 e. The molecule has 3 aromatic rings. The van der Waals surface area contributed by atoms with Crippen LogP contribution >= 0.6 is 0 Å². The van der Waals surface area contributed by atoms with E-state index in [2.05, 4.69) is 22.4 Å². The summed E-state index contributed by atoms with van der Waals surface area (Å²) in [6.07, 6.45) is 3.38. The molecule has 7 heteroatoms. The largest absolute Gasteiger partial charge is 0.480 e. The van der Waals surface area contributed by atoms with Gasteiger partial charge in [0.15, 0.2) is 0 Å². The Balaban J connectivity index is 1.39. The number of aliphatic carboxylic acids is 1. The van der Waals surface area contributed by atoms with Gasteiger partial charge in [-0.05, 0) is 28.7 Å². The minimum Gasteiger partial charge on any atom is -0.480 e. The van der Waals surface area contributed by atoms with Crippen molar-refractivity contribution in [2.45, 2.75) is 24.8 Å². The Labute approximate surface area is 174 Å². The monoisotopic (exact) mass is 405 g/mol. The van der Waals surface area contributed by atoms with Crippen molar-refractivity contribution in [1.82, 2.24) is 14.9 Å². The van der Waals surface area contributed by atoms with Gasteiger partial charge in [0.2, 0.25) is 0 Å². The molecule has 2 N–H and O–H groups in total. The number of fused-ring (bicyclic) bond motifs is 3. The lowest BCUT2D eigenvalue weighted by atomic mass is 9.98. The summed E-state index contributed by atoms with van der Waals surface area (Å²) in [6, 6.07) is 15.1. The normalized spacial score (nSPS) is 13.4. The van der Waals surface area contributed by atoms with Crippen LogP contribution in [-0.4, -0.2) is 39.4 Å². The first-order chi connectivity index (χ1) is 14.5. The van der Waals surface area contributed by atoms with E-state index in [1.807, 2.05) is 48.0 Å². The second kappa shape index (κ2) is 8.41. The van der Waals surface area contributed by atoms with Crippen molar-refractivity contribution in [1.29, 1.82) is 0 Å². The average molecular weight is 405 g/mol. The van der Waals surface area contributed by atoms with Crippen molar-refractivity contribution >= 4 is 12.1 Å². The maximum atomic E-state index is 12.3. The van der Waals surface area contributed by atoms with E-state index in [-0.39, 0.29) is 18.9 Å². The minimum absolute atomic E-state index is 0.0704. The number of aryl methyl sites for hydroxylation is 2. The SMILES string of the molecule is Cn1ccnc1CCC(NC(=O)OCC1c2ccccc2-c2ccccc21)C(=O)O. The van der Waals surface area contributed by atoms with Gasteiger partial charge in [0.05, 0.1) is 0 Å². The topological polar surface area (TPSA) is 93.5 Å². The molecular formula is C23H23N3O4. The fourth-order valence-electron chi connectivity index (χ4n) is 3.95. The van der Waals surface area contributed by atoms with Crippen molar-refractivity contribution in [3.8, 4) is 11.1 Å². The molecule has 1 aliphatic rings. The molecule has 1 aromatic heterocycles. The van der Waals surface area contributed by atoms with Gasteiger partial charge in [0.25, 0.3) is 0 Å². The first-order valence-corrected chi connectivity index (χ1v) is 9.85. The molecule has 0 aliphatic heterocycles. The molecule has 4 rings (SSSR count). The summed E-state index contributed by atoms with van der Waals surface area (Å²) in [4.78, 5) is 28.1. The first kappa shape index (κ1) is 19.7. The van der Waals surface area contributed by atoms with Crippen LogP contribution in [0.25, 0.3) is 11.1 Å². The number of alkyl carbamates (subject to hydrolysis) is 1. The molecule has 0 spiro atoms. The summed E-state index contributed by atoms with van der Waals surface area (Å²) in [5, 5.41) is 11.9. The molecule has 0 bridgehead atoms. The number of ether oxygens (including phenoxy) is 1. The van der Waals surface area contributed by atoms with E-state index >= 15 is 0 Å². The van der Waals surface area contributed by atoms with Crippen LogP contribution in [0.1, 0.15) is 29.3 Å². The molecule has 2 aromatic carbocycles. The molecular weight excluding hydrogens is 382 g/mol. The van der Waals surface area contributed by atoms with Crippen molar-refractivity contribution in [3.63, 3.8) is 0 Å². The number of carboxylic acids is 1. The Morgan fingerprint density at radius 2 is 1.77 bits per heavy atom. The van der Waals surface area contributed by atoms with Crippen molar-refractivity contribution < 1.29 is 19.4 Å². The smallest absolute Gasteiger partial charge is 0.407 e. The third-order valence-electron chi connectivity index (χ3n) is 5.51. The second-order valence-corrected chi connectivity index (χ2v) is 7.35. The number of amides is 1. The highest BCUT2D eigenvalue weighted by Gasteiger charge is 2.29. The molecule has 1 aliphatic carbocycles. The van der Waals surface area contributed by atoms with Crippen LogP contribution in [0.2, 0.25) is 0 Å². The summed E-state index contributed by atoms with van der Waals surface area (Å²) in [7, 11) is 1.84. The summed E-state index contributed by atoms with van der Waals surface area (Å²) in [6.45, 7) is 0.144. The van der Waals surface area contributed by atoms with Crippen LogP contribution in [0.15, 0.2) is 60.9 Å². The van der Waals surface area contributed by atoms with Crippen molar-refractivity contribution in [2.75, 3.05) is 6.61 Å². The van der Waals surface area contributed by atoms with Crippen LogP contribution in [0, 0.1) is 0 Å². The first-order valence-electron chi connectivity index (χ1n) is 9.85. The average Bonchev–Trinajstić information content (AvgIpc) is 3.30. The Kier molecular flexibility index (Phi) is 5.52. The number of carbonyl (C=O) groups excluding carboxylic acids is 1. The Morgan fingerprint density at radius 1 is 1.13 bits per heavy atom. The van der Waals surface area contributed by atoms with E-state index in [1.54, 1.807) is 12.4 Å². The standard InChI is InChI=1S/C23H23N3O4/c1-26-13-12-24-21(26)11-10-20(22(27)28)25-23(29)30-14-19-17-8-4-2-6-15(17)16-7-3-5-9-18(16)19/h2-9,12-13,19-20H,10-11,14H2,1H3,(H,25,29)(H,27,28). The second-order valence-electron chi connectivity index (χ2n) is 7.35. The van der Waals surface area contributed by atoms with Crippen LogP contribution in [0.5, 0.6) is 0 Å². The third kappa shape index (κ3) is 3.91. The minimum atomic E-state index is -1.10. The van der Waals surface area contributed by atoms with E-state index in [0.29, 0.717) is 6.42 Å². The number of hydrogen-bond acceptors (Lipinski definition) is 4. The van der Waals surface area contributed by atoms with Gasteiger partial charge in [-0.25, -0.2) is 14.6 Å². The zero-order chi connectivity index (χ0) is 21.1. The number of hydrogen-bond donors (Lipinski definition) is 2. The molecule has 0 saturated carbocycles. The number of benzene rings is 2. The molecule has 0 fully saturated rings. The van der Waals surface area contributed by atoms with E-state index in [4.69, 9.17) is 4.74 Å². The van der Waals surface area contributed by atoms with Gasteiger partial charge in [-0.2, -0.15) is 0 Å². The lowest BCUT2D eigenvalue weighted by Crippen LogP contribution is -2.41. The third-order valence-corrected chi connectivity index (χ3v) is 5.51. The zero-order valence-electron chi connectivity index (χ0n) is 16.6. The zero-order valence-corrected chi connectivity index (χ0v) is 16.6. The fraction of sp³-hybridized carbons (Fsp3) is 0.261. The molecule has 1 heterocycles. The molecule has 0 saturated heterocycles. The molecule has 7 nitrogen and oxygen atoms in total.